The number of ether oxygens (including phenoxy) is 1. The van der Waals surface area contributed by atoms with Gasteiger partial charge in [0, 0.05) is 41.2 Å². The highest BCUT2D eigenvalue weighted by atomic mass is 32.1. The molecule has 0 bridgehead atoms. The van der Waals surface area contributed by atoms with Gasteiger partial charge in [-0.25, -0.2) is 9.18 Å². The van der Waals surface area contributed by atoms with Gasteiger partial charge in [0.2, 0.25) is 0 Å². The van der Waals surface area contributed by atoms with Gasteiger partial charge in [-0.2, -0.15) is 23.5 Å². The van der Waals surface area contributed by atoms with Crippen molar-refractivity contribution in [1.29, 1.82) is 5.26 Å². The van der Waals surface area contributed by atoms with E-state index < -0.39 is 35.3 Å². The van der Waals surface area contributed by atoms with Crippen LogP contribution in [0, 0.1) is 24.1 Å². The predicted molar refractivity (Wildman–Crippen MR) is 131 cm³/mol. The SMILES string of the molecule is CCn1cc(-c2c(F)cccc2[C@@H]2CN(C(=O)OC(C)(C)C)Cc3sc(C#N)c(C)c32)c(C(F)(F)F)n1. The minimum Gasteiger partial charge on any atom is -0.444 e. The van der Waals surface area contributed by atoms with E-state index in [0.717, 1.165) is 16.3 Å². The van der Waals surface area contributed by atoms with Crippen molar-refractivity contribution in [1.82, 2.24) is 14.7 Å². The summed E-state index contributed by atoms with van der Waals surface area (Å²) in [7, 11) is 0. The van der Waals surface area contributed by atoms with Crippen LogP contribution in [0.2, 0.25) is 0 Å². The van der Waals surface area contributed by atoms with E-state index in [1.165, 1.54) is 28.5 Å². The number of aromatic nitrogens is 2. The first kappa shape index (κ1) is 26.7. The quantitative estimate of drug-likeness (QED) is 0.345. The summed E-state index contributed by atoms with van der Waals surface area (Å²) in [5.74, 6) is -1.52. The van der Waals surface area contributed by atoms with Crippen molar-refractivity contribution in [2.45, 2.75) is 65.4 Å². The summed E-state index contributed by atoms with van der Waals surface area (Å²) < 4.78 is 64.0. The number of carbonyl (C=O) groups is 1. The van der Waals surface area contributed by atoms with Crippen LogP contribution in [0.4, 0.5) is 22.4 Å². The van der Waals surface area contributed by atoms with Crippen molar-refractivity contribution in [2.75, 3.05) is 6.54 Å². The number of fused-ring (bicyclic) bond motifs is 1. The summed E-state index contributed by atoms with van der Waals surface area (Å²) in [4.78, 5) is 15.6. The highest BCUT2D eigenvalue weighted by Crippen LogP contribution is 2.46. The fraction of sp³-hybridized carbons (Fsp3) is 0.423. The van der Waals surface area contributed by atoms with Gasteiger partial charge < -0.3 is 9.64 Å². The molecule has 1 aromatic carbocycles. The molecule has 0 aliphatic carbocycles. The number of aryl methyl sites for hydroxylation is 1. The van der Waals surface area contributed by atoms with E-state index in [0.29, 0.717) is 15.3 Å². The molecule has 11 heteroatoms. The van der Waals surface area contributed by atoms with Gasteiger partial charge in [0.05, 0.1) is 6.54 Å². The zero-order valence-corrected chi connectivity index (χ0v) is 21.9. The van der Waals surface area contributed by atoms with Gasteiger partial charge in [0.25, 0.3) is 0 Å². The van der Waals surface area contributed by atoms with Crippen LogP contribution in [0.5, 0.6) is 0 Å². The zero-order valence-electron chi connectivity index (χ0n) is 21.0. The average Bonchev–Trinajstić information content (AvgIpc) is 3.38. The number of hydrogen-bond donors (Lipinski definition) is 0. The standard InChI is InChI=1S/C26H26F4N4O2S/c1-6-34-12-17(23(32-34)26(28,29)30)22-15(8-7-9-18(22)27)16-11-33(24(35)36-25(3,4)5)13-20-21(16)14(2)19(10-31)37-20/h7-9,12,16H,6,11,13H2,1-5H3/t16-/m0/s1. The molecule has 0 radical (unpaired) electrons. The Balaban J connectivity index is 1.94. The Morgan fingerprint density at radius 1 is 1.30 bits per heavy atom. The van der Waals surface area contributed by atoms with Gasteiger partial charge in [0.15, 0.2) is 5.69 Å². The molecule has 1 atom stereocenters. The maximum absolute atomic E-state index is 15.4. The highest BCUT2D eigenvalue weighted by Gasteiger charge is 2.41. The fourth-order valence-corrected chi connectivity index (χ4v) is 5.81. The third kappa shape index (κ3) is 5.07. The third-order valence-electron chi connectivity index (χ3n) is 6.15. The summed E-state index contributed by atoms with van der Waals surface area (Å²) in [6.45, 7) is 9.00. The molecule has 1 aliphatic heterocycles. The van der Waals surface area contributed by atoms with E-state index in [-0.39, 0.29) is 36.3 Å². The molecule has 1 aliphatic rings. The summed E-state index contributed by atoms with van der Waals surface area (Å²) in [6, 6.07) is 6.26. The fourth-order valence-electron chi connectivity index (χ4n) is 4.63. The molecule has 196 valence electrons. The lowest BCUT2D eigenvalue weighted by atomic mass is 9.82. The first-order valence-electron chi connectivity index (χ1n) is 11.7. The number of benzene rings is 1. The van der Waals surface area contributed by atoms with Crippen molar-refractivity contribution in [3.63, 3.8) is 0 Å². The monoisotopic (exact) mass is 534 g/mol. The Hall–Kier alpha value is -3.39. The second kappa shape index (κ2) is 9.49. The molecule has 6 nitrogen and oxygen atoms in total. The maximum atomic E-state index is 15.4. The van der Waals surface area contributed by atoms with Crippen LogP contribution in [0.25, 0.3) is 11.1 Å². The second-order valence-electron chi connectivity index (χ2n) is 9.87. The van der Waals surface area contributed by atoms with E-state index in [2.05, 4.69) is 11.2 Å². The van der Waals surface area contributed by atoms with Gasteiger partial charge in [0.1, 0.15) is 22.4 Å². The first-order valence-corrected chi connectivity index (χ1v) is 12.5. The lowest BCUT2D eigenvalue weighted by Crippen LogP contribution is -2.41. The zero-order chi connectivity index (χ0) is 27.3. The van der Waals surface area contributed by atoms with E-state index >= 15 is 4.39 Å². The average molecular weight is 535 g/mol. The van der Waals surface area contributed by atoms with Crippen LogP contribution in [-0.2, 0) is 24.0 Å². The minimum absolute atomic E-state index is 0.0457. The first-order chi connectivity index (χ1) is 17.2. The van der Waals surface area contributed by atoms with Crippen molar-refractivity contribution < 1.29 is 27.1 Å². The van der Waals surface area contributed by atoms with E-state index in [4.69, 9.17) is 4.74 Å². The molecule has 1 amide bonds. The molecule has 2 aromatic heterocycles. The van der Waals surface area contributed by atoms with Crippen molar-refractivity contribution in [3.05, 3.63) is 62.4 Å². The molecule has 37 heavy (non-hydrogen) atoms. The van der Waals surface area contributed by atoms with Gasteiger partial charge in [-0.1, -0.05) is 12.1 Å². The second-order valence-corrected chi connectivity index (χ2v) is 11.0. The summed E-state index contributed by atoms with van der Waals surface area (Å²) >= 11 is 1.22. The lowest BCUT2D eigenvalue weighted by molar-refractivity contribution is -0.141. The van der Waals surface area contributed by atoms with Crippen LogP contribution < -0.4 is 0 Å². The number of nitriles is 1. The number of amides is 1. The van der Waals surface area contributed by atoms with Gasteiger partial charge >= 0.3 is 12.3 Å². The van der Waals surface area contributed by atoms with E-state index in [1.807, 2.05) is 0 Å². The number of alkyl halides is 3. The molecule has 0 fully saturated rings. The number of rotatable bonds is 3. The Labute approximate surface area is 216 Å². The topological polar surface area (TPSA) is 71.2 Å². The summed E-state index contributed by atoms with van der Waals surface area (Å²) in [5.41, 5.74) is -0.860. The molecular weight excluding hydrogens is 508 g/mol. The van der Waals surface area contributed by atoms with Crippen molar-refractivity contribution in [3.8, 4) is 17.2 Å². The maximum Gasteiger partial charge on any atom is 0.435 e. The Bertz CT molecular complexity index is 1400. The molecule has 4 rings (SSSR count). The summed E-state index contributed by atoms with van der Waals surface area (Å²) in [6.07, 6.45) is -4.20. The molecule has 3 heterocycles. The number of hydrogen-bond acceptors (Lipinski definition) is 5. The Morgan fingerprint density at radius 2 is 2.00 bits per heavy atom. The molecule has 0 saturated heterocycles. The highest BCUT2D eigenvalue weighted by molar-refractivity contribution is 7.12. The van der Waals surface area contributed by atoms with Gasteiger partial charge in [-0.3, -0.25) is 4.68 Å². The third-order valence-corrected chi connectivity index (χ3v) is 7.35. The lowest BCUT2D eigenvalue weighted by Gasteiger charge is -2.35. The smallest absolute Gasteiger partial charge is 0.435 e. The minimum atomic E-state index is -4.80. The van der Waals surface area contributed by atoms with Crippen LogP contribution >= 0.6 is 11.3 Å². The number of thiophene rings is 1. The van der Waals surface area contributed by atoms with E-state index in [1.54, 1.807) is 40.7 Å². The van der Waals surface area contributed by atoms with Crippen molar-refractivity contribution >= 4 is 17.4 Å². The molecule has 0 unspecified atom stereocenters. The molecule has 0 spiro atoms. The Kier molecular flexibility index (Phi) is 6.84. The normalized spacial score (nSPS) is 15.9. The van der Waals surface area contributed by atoms with Crippen LogP contribution in [0.15, 0.2) is 24.4 Å². The van der Waals surface area contributed by atoms with Crippen LogP contribution in [0.1, 0.15) is 65.8 Å². The number of nitrogens with zero attached hydrogens (tertiary/aromatic N) is 4. The molecule has 0 N–H and O–H groups in total. The number of halogens is 4. The van der Waals surface area contributed by atoms with Gasteiger partial charge in [-0.05, 0) is 57.4 Å². The molecule has 0 saturated carbocycles. The molecule has 3 aromatic rings. The van der Waals surface area contributed by atoms with Gasteiger partial charge in [-0.15, -0.1) is 11.3 Å². The largest absolute Gasteiger partial charge is 0.444 e. The van der Waals surface area contributed by atoms with E-state index in [9.17, 15) is 23.2 Å². The number of carbonyl (C=O) groups excluding carboxylic acids is 1. The van der Waals surface area contributed by atoms with Crippen molar-refractivity contribution in [2.24, 2.45) is 0 Å². The predicted octanol–water partition coefficient (Wildman–Crippen LogP) is 6.85. The van der Waals surface area contributed by atoms with Crippen LogP contribution in [-0.4, -0.2) is 32.9 Å². The van der Waals surface area contributed by atoms with Crippen LogP contribution in [0.3, 0.4) is 0 Å². The Morgan fingerprint density at radius 3 is 2.59 bits per heavy atom. The molecular formula is C26H26F4N4O2S. The summed E-state index contributed by atoms with van der Waals surface area (Å²) in [5, 5.41) is 13.3.